The smallest absolute Gasteiger partial charge is 0.221 e. The minimum absolute atomic E-state index is 0.0932. The van der Waals surface area contributed by atoms with Gasteiger partial charge >= 0.3 is 0 Å². The van der Waals surface area contributed by atoms with Gasteiger partial charge in [0.1, 0.15) is 0 Å². The monoisotopic (exact) mass is 254 g/mol. The molecule has 2 rings (SSSR count). The van der Waals surface area contributed by atoms with Crippen LogP contribution in [0.1, 0.15) is 12.1 Å². The van der Waals surface area contributed by atoms with E-state index in [0.29, 0.717) is 19.0 Å². The van der Waals surface area contributed by atoms with Crippen LogP contribution >= 0.6 is 11.8 Å². The lowest BCUT2D eigenvalue weighted by atomic mass is 10.2. The van der Waals surface area contributed by atoms with Crippen molar-refractivity contribution < 1.29 is 4.79 Å². The van der Waals surface area contributed by atoms with E-state index < -0.39 is 0 Å². The minimum atomic E-state index is 0.0932. The Labute approximate surface area is 105 Å². The number of hydrogen-bond donors (Lipinski definition) is 2. The number of rotatable bonds is 4. The zero-order valence-electron chi connectivity index (χ0n) is 9.98. The van der Waals surface area contributed by atoms with Crippen LogP contribution in [0.4, 0.5) is 0 Å². The molecular formula is C11H18N4OS. The highest BCUT2D eigenvalue weighted by Gasteiger charge is 2.16. The van der Waals surface area contributed by atoms with Crippen molar-refractivity contribution >= 4 is 17.7 Å². The van der Waals surface area contributed by atoms with Gasteiger partial charge < -0.3 is 10.6 Å². The predicted molar refractivity (Wildman–Crippen MR) is 68.8 cm³/mol. The van der Waals surface area contributed by atoms with E-state index in [0.717, 1.165) is 23.7 Å². The zero-order valence-corrected chi connectivity index (χ0v) is 10.8. The molecule has 1 fully saturated rings. The third-order valence-corrected chi connectivity index (χ3v) is 3.80. The zero-order chi connectivity index (χ0) is 12.1. The van der Waals surface area contributed by atoms with Crippen molar-refractivity contribution in [2.75, 3.05) is 18.1 Å². The summed E-state index contributed by atoms with van der Waals surface area (Å²) in [5.74, 6) is 2.26. The van der Waals surface area contributed by atoms with Gasteiger partial charge in [0.05, 0.1) is 12.2 Å². The summed E-state index contributed by atoms with van der Waals surface area (Å²) in [5.41, 5.74) is 0.895. The molecule has 0 spiro atoms. The standard InChI is InChI=1S/C11H18N4OS/c1-15-4-2-9(14-15)7-13-11(16)6-10-8-17-5-3-12-10/h2,4,10,12H,3,5-8H2,1H3,(H,13,16). The molecule has 1 aliphatic heterocycles. The fourth-order valence-electron chi connectivity index (χ4n) is 1.79. The molecule has 1 unspecified atom stereocenters. The summed E-state index contributed by atoms with van der Waals surface area (Å²) >= 11 is 1.90. The number of carbonyl (C=O) groups is 1. The SMILES string of the molecule is Cn1ccc(CNC(=O)CC2CSCCN2)n1. The number of nitrogens with zero attached hydrogens (tertiary/aromatic N) is 2. The molecule has 1 saturated heterocycles. The fourth-order valence-corrected chi connectivity index (χ4v) is 2.74. The number of carbonyl (C=O) groups excluding carboxylic acids is 1. The highest BCUT2D eigenvalue weighted by atomic mass is 32.2. The van der Waals surface area contributed by atoms with E-state index in [9.17, 15) is 4.79 Å². The average molecular weight is 254 g/mol. The first-order valence-corrected chi connectivity index (χ1v) is 6.96. The molecule has 94 valence electrons. The lowest BCUT2D eigenvalue weighted by Gasteiger charge is -2.22. The van der Waals surface area contributed by atoms with Gasteiger partial charge in [-0.3, -0.25) is 9.48 Å². The quantitative estimate of drug-likeness (QED) is 0.802. The Hall–Kier alpha value is -1.01. The molecule has 2 N–H and O–H groups in total. The molecule has 17 heavy (non-hydrogen) atoms. The number of aromatic nitrogens is 2. The Balaban J connectivity index is 1.70. The van der Waals surface area contributed by atoms with E-state index in [1.165, 1.54) is 0 Å². The first-order chi connectivity index (χ1) is 8.24. The van der Waals surface area contributed by atoms with Gasteiger partial charge in [0.25, 0.3) is 0 Å². The van der Waals surface area contributed by atoms with E-state index in [4.69, 9.17) is 0 Å². The molecule has 1 aliphatic rings. The highest BCUT2D eigenvalue weighted by molar-refractivity contribution is 7.99. The summed E-state index contributed by atoms with van der Waals surface area (Å²) in [6, 6.07) is 2.23. The van der Waals surface area contributed by atoms with E-state index in [-0.39, 0.29) is 5.91 Å². The van der Waals surface area contributed by atoms with Crippen molar-refractivity contribution in [1.82, 2.24) is 20.4 Å². The van der Waals surface area contributed by atoms with Gasteiger partial charge in [0.2, 0.25) is 5.91 Å². The van der Waals surface area contributed by atoms with Gasteiger partial charge in [-0.1, -0.05) is 0 Å². The molecule has 1 amide bonds. The first kappa shape index (κ1) is 12.4. The number of aryl methyl sites for hydroxylation is 1. The predicted octanol–water partition coefficient (Wildman–Crippen LogP) is 0.131. The molecule has 0 saturated carbocycles. The van der Waals surface area contributed by atoms with Crippen molar-refractivity contribution in [2.45, 2.75) is 19.0 Å². The lowest BCUT2D eigenvalue weighted by molar-refractivity contribution is -0.121. The van der Waals surface area contributed by atoms with Crippen LogP contribution in [0.15, 0.2) is 12.3 Å². The summed E-state index contributed by atoms with van der Waals surface area (Å²) in [7, 11) is 1.87. The van der Waals surface area contributed by atoms with Crippen LogP contribution in [0, 0.1) is 0 Å². The normalized spacial score (nSPS) is 20.2. The van der Waals surface area contributed by atoms with Crippen LogP contribution in [-0.2, 0) is 18.4 Å². The summed E-state index contributed by atoms with van der Waals surface area (Å²) in [4.78, 5) is 11.7. The molecule has 1 atom stereocenters. The number of nitrogens with one attached hydrogen (secondary N) is 2. The Morgan fingerprint density at radius 3 is 3.29 bits per heavy atom. The maximum Gasteiger partial charge on any atom is 0.221 e. The highest BCUT2D eigenvalue weighted by Crippen LogP contribution is 2.09. The van der Waals surface area contributed by atoms with E-state index >= 15 is 0 Å². The van der Waals surface area contributed by atoms with Gasteiger partial charge in [0, 0.05) is 43.8 Å². The van der Waals surface area contributed by atoms with Crippen LogP contribution < -0.4 is 10.6 Å². The molecule has 0 aliphatic carbocycles. The third kappa shape index (κ3) is 4.05. The molecule has 0 aromatic carbocycles. The lowest BCUT2D eigenvalue weighted by Crippen LogP contribution is -2.41. The summed E-state index contributed by atoms with van der Waals surface area (Å²) in [6.45, 7) is 1.52. The van der Waals surface area contributed by atoms with Crippen LogP contribution in [0.2, 0.25) is 0 Å². The average Bonchev–Trinajstić information content (AvgIpc) is 2.74. The molecule has 2 heterocycles. The van der Waals surface area contributed by atoms with E-state index in [1.807, 2.05) is 31.1 Å². The topological polar surface area (TPSA) is 59.0 Å². The maximum absolute atomic E-state index is 11.7. The van der Waals surface area contributed by atoms with Crippen molar-refractivity contribution in [3.05, 3.63) is 18.0 Å². The van der Waals surface area contributed by atoms with Gasteiger partial charge in [0.15, 0.2) is 0 Å². The van der Waals surface area contributed by atoms with Crippen LogP contribution in [0.3, 0.4) is 0 Å². The Kier molecular flexibility index (Phi) is 4.44. The van der Waals surface area contributed by atoms with Gasteiger partial charge in [-0.25, -0.2) is 0 Å². The Morgan fingerprint density at radius 2 is 2.65 bits per heavy atom. The van der Waals surface area contributed by atoms with Crippen molar-refractivity contribution in [3.8, 4) is 0 Å². The number of amides is 1. The minimum Gasteiger partial charge on any atom is -0.350 e. The van der Waals surface area contributed by atoms with Crippen molar-refractivity contribution in [3.63, 3.8) is 0 Å². The van der Waals surface area contributed by atoms with Crippen molar-refractivity contribution in [1.29, 1.82) is 0 Å². The molecule has 1 aromatic heterocycles. The second-order valence-electron chi connectivity index (χ2n) is 4.19. The van der Waals surface area contributed by atoms with Gasteiger partial charge in [-0.15, -0.1) is 0 Å². The molecule has 0 radical (unpaired) electrons. The molecule has 6 heteroatoms. The Bertz CT molecular complexity index is 373. The van der Waals surface area contributed by atoms with E-state index in [2.05, 4.69) is 15.7 Å². The van der Waals surface area contributed by atoms with Crippen LogP contribution in [0.5, 0.6) is 0 Å². The number of hydrogen-bond acceptors (Lipinski definition) is 4. The van der Waals surface area contributed by atoms with E-state index in [1.54, 1.807) is 4.68 Å². The van der Waals surface area contributed by atoms with Gasteiger partial charge in [-0.05, 0) is 6.07 Å². The Morgan fingerprint density at radius 1 is 1.76 bits per heavy atom. The van der Waals surface area contributed by atoms with Gasteiger partial charge in [-0.2, -0.15) is 16.9 Å². The first-order valence-electron chi connectivity index (χ1n) is 5.80. The third-order valence-electron chi connectivity index (χ3n) is 2.67. The summed E-state index contributed by atoms with van der Waals surface area (Å²) in [6.07, 6.45) is 2.43. The van der Waals surface area contributed by atoms with Crippen LogP contribution in [0.25, 0.3) is 0 Å². The largest absolute Gasteiger partial charge is 0.350 e. The maximum atomic E-state index is 11.7. The molecule has 1 aromatic rings. The second-order valence-corrected chi connectivity index (χ2v) is 5.34. The number of thioether (sulfide) groups is 1. The molecule has 0 bridgehead atoms. The molecule has 5 nitrogen and oxygen atoms in total. The van der Waals surface area contributed by atoms with Crippen molar-refractivity contribution in [2.24, 2.45) is 7.05 Å². The molecular weight excluding hydrogens is 236 g/mol. The van der Waals surface area contributed by atoms with Crippen LogP contribution in [-0.4, -0.2) is 39.8 Å². The fraction of sp³-hybridized carbons (Fsp3) is 0.636. The summed E-state index contributed by atoms with van der Waals surface area (Å²) in [5, 5.41) is 10.5. The second kappa shape index (κ2) is 6.07. The summed E-state index contributed by atoms with van der Waals surface area (Å²) < 4.78 is 1.74.